The van der Waals surface area contributed by atoms with Crippen molar-refractivity contribution >= 4 is 34.4 Å². The van der Waals surface area contributed by atoms with Gasteiger partial charge in [0.15, 0.2) is 5.16 Å². The number of aromatic nitrogens is 2. The Morgan fingerprint density at radius 1 is 1.25 bits per heavy atom. The molecule has 1 aliphatic rings. The number of allylic oxidation sites excluding steroid dienone is 4. The Morgan fingerprint density at radius 3 is 2.90 bits per heavy atom. The lowest BCUT2D eigenvalue weighted by molar-refractivity contribution is 1.05. The summed E-state index contributed by atoms with van der Waals surface area (Å²) in [5.74, 6) is 0.914. The molecule has 100 valence electrons. The van der Waals surface area contributed by atoms with Crippen LogP contribution < -0.4 is 0 Å². The lowest BCUT2D eigenvalue weighted by atomic mass is 10.0. The molecule has 0 atom stereocenters. The van der Waals surface area contributed by atoms with E-state index in [-0.39, 0.29) is 0 Å². The summed E-state index contributed by atoms with van der Waals surface area (Å²) >= 11 is 7.08. The van der Waals surface area contributed by atoms with Crippen molar-refractivity contribution in [2.75, 3.05) is 0 Å². The second-order valence-electron chi connectivity index (χ2n) is 4.50. The molecule has 0 amide bonds. The smallest absolute Gasteiger partial charge is 0.166 e. The minimum absolute atomic E-state index is 0.834. The molecular weight excluding hydrogens is 284 g/mol. The molecule has 0 saturated heterocycles. The second kappa shape index (κ2) is 6.20. The highest BCUT2D eigenvalue weighted by atomic mass is 32.2. The van der Waals surface area contributed by atoms with Crippen LogP contribution >= 0.6 is 24.0 Å². The number of nitrogens with one attached hydrogen (secondary N) is 1. The third-order valence-electron chi connectivity index (χ3n) is 3.05. The Kier molecular flexibility index (Phi) is 4.14. The topological polar surface area (TPSA) is 28.7 Å². The van der Waals surface area contributed by atoms with Crippen LogP contribution in [0.25, 0.3) is 5.57 Å². The largest absolute Gasteiger partial charge is 0.339 e. The lowest BCUT2D eigenvalue weighted by Gasteiger charge is -2.06. The van der Waals surface area contributed by atoms with E-state index >= 15 is 0 Å². The number of hydrogen-bond donors (Lipinski definition) is 1. The van der Waals surface area contributed by atoms with E-state index in [9.17, 15) is 0 Å². The third kappa shape index (κ3) is 3.08. The Morgan fingerprint density at radius 2 is 2.10 bits per heavy atom. The SMILES string of the molecule is S=C1CC=CC=C1c1c[nH]c(SCc2ccccc2)n1. The fraction of sp³-hybridized carbons (Fsp3) is 0.125. The second-order valence-corrected chi connectivity index (χ2v) is 5.96. The van der Waals surface area contributed by atoms with E-state index < -0.39 is 0 Å². The normalized spacial score (nSPS) is 14.4. The van der Waals surface area contributed by atoms with Gasteiger partial charge < -0.3 is 4.98 Å². The van der Waals surface area contributed by atoms with E-state index in [1.165, 1.54) is 5.56 Å². The van der Waals surface area contributed by atoms with Gasteiger partial charge in [-0.2, -0.15) is 0 Å². The fourth-order valence-corrected chi connectivity index (χ4v) is 3.08. The van der Waals surface area contributed by atoms with Gasteiger partial charge in [-0.15, -0.1) is 0 Å². The lowest BCUT2D eigenvalue weighted by Crippen LogP contribution is -2.00. The van der Waals surface area contributed by atoms with Crippen LogP contribution in [0.1, 0.15) is 17.7 Å². The van der Waals surface area contributed by atoms with Gasteiger partial charge >= 0.3 is 0 Å². The number of thiocarbonyl (C=S) groups is 1. The van der Waals surface area contributed by atoms with Gasteiger partial charge in [-0.1, -0.05) is 72.5 Å². The average molecular weight is 298 g/mol. The first-order chi connectivity index (χ1) is 9.83. The predicted molar refractivity (Wildman–Crippen MR) is 88.9 cm³/mol. The van der Waals surface area contributed by atoms with Crippen LogP contribution in [0.3, 0.4) is 0 Å². The maximum absolute atomic E-state index is 5.38. The predicted octanol–water partition coefficient (Wildman–Crippen LogP) is 4.42. The zero-order valence-corrected chi connectivity index (χ0v) is 12.5. The highest BCUT2D eigenvalue weighted by Crippen LogP contribution is 2.24. The van der Waals surface area contributed by atoms with Crippen LogP contribution in [-0.2, 0) is 5.75 Å². The van der Waals surface area contributed by atoms with Gasteiger partial charge in [0, 0.05) is 28.8 Å². The monoisotopic (exact) mass is 298 g/mol. The molecule has 0 saturated carbocycles. The van der Waals surface area contributed by atoms with Crippen molar-refractivity contribution in [2.24, 2.45) is 0 Å². The molecule has 4 heteroatoms. The van der Waals surface area contributed by atoms with E-state index in [4.69, 9.17) is 12.2 Å². The van der Waals surface area contributed by atoms with Gasteiger partial charge in [0.25, 0.3) is 0 Å². The maximum Gasteiger partial charge on any atom is 0.166 e. The Hall–Kier alpha value is -1.65. The first kappa shape index (κ1) is 13.3. The summed E-state index contributed by atoms with van der Waals surface area (Å²) in [4.78, 5) is 8.80. The molecule has 1 aromatic heterocycles. The standard InChI is InChI=1S/C16H14N2S2/c19-15-9-5-4-8-13(15)14-10-17-16(18-14)20-11-12-6-2-1-3-7-12/h1-8,10H,9,11H2,(H,17,18). The summed E-state index contributed by atoms with van der Waals surface area (Å²) in [6, 6.07) is 10.4. The summed E-state index contributed by atoms with van der Waals surface area (Å²) in [7, 11) is 0. The molecule has 0 radical (unpaired) electrons. The van der Waals surface area contributed by atoms with Crippen molar-refractivity contribution in [2.45, 2.75) is 17.3 Å². The minimum Gasteiger partial charge on any atom is -0.339 e. The van der Waals surface area contributed by atoms with Gasteiger partial charge in [-0.25, -0.2) is 4.98 Å². The van der Waals surface area contributed by atoms with E-state index in [2.05, 4.69) is 40.3 Å². The average Bonchev–Trinajstić information content (AvgIpc) is 2.95. The van der Waals surface area contributed by atoms with Gasteiger partial charge in [0.2, 0.25) is 0 Å². The zero-order chi connectivity index (χ0) is 13.8. The summed E-state index contributed by atoms with van der Waals surface area (Å²) in [6.07, 6.45) is 8.92. The number of thioether (sulfide) groups is 1. The number of hydrogen-bond acceptors (Lipinski definition) is 3. The molecule has 0 bridgehead atoms. The van der Waals surface area contributed by atoms with E-state index in [1.807, 2.05) is 24.4 Å². The van der Waals surface area contributed by atoms with Crippen LogP contribution in [-0.4, -0.2) is 14.8 Å². The Balaban J connectivity index is 1.70. The molecular formula is C16H14N2S2. The van der Waals surface area contributed by atoms with Crippen LogP contribution in [0.5, 0.6) is 0 Å². The van der Waals surface area contributed by atoms with Gasteiger partial charge in [0.05, 0.1) is 5.69 Å². The number of rotatable bonds is 4. The zero-order valence-electron chi connectivity index (χ0n) is 10.9. The molecule has 1 aromatic carbocycles. The Bertz CT molecular complexity index is 669. The summed E-state index contributed by atoms with van der Waals surface area (Å²) < 4.78 is 0. The molecule has 2 aromatic rings. The number of imidazole rings is 1. The molecule has 20 heavy (non-hydrogen) atoms. The van der Waals surface area contributed by atoms with Gasteiger partial charge in [-0.05, 0) is 5.56 Å². The highest BCUT2D eigenvalue weighted by molar-refractivity contribution is 7.98. The van der Waals surface area contributed by atoms with Crippen LogP contribution in [0.15, 0.2) is 59.9 Å². The first-order valence-corrected chi connectivity index (χ1v) is 7.85. The molecule has 3 rings (SSSR count). The van der Waals surface area contributed by atoms with Crippen molar-refractivity contribution in [1.82, 2.24) is 9.97 Å². The molecule has 0 fully saturated rings. The number of H-pyrrole nitrogens is 1. The van der Waals surface area contributed by atoms with E-state index in [0.717, 1.165) is 33.5 Å². The third-order valence-corrected chi connectivity index (χ3v) is 4.40. The van der Waals surface area contributed by atoms with Crippen LogP contribution in [0.2, 0.25) is 0 Å². The summed E-state index contributed by atoms with van der Waals surface area (Å²) in [5, 5.41) is 0.933. The van der Waals surface area contributed by atoms with Crippen molar-refractivity contribution < 1.29 is 0 Å². The van der Waals surface area contributed by atoms with E-state index in [0.29, 0.717) is 0 Å². The quantitative estimate of drug-likeness (QED) is 0.669. The Labute approximate surface area is 128 Å². The van der Waals surface area contributed by atoms with Crippen LogP contribution in [0.4, 0.5) is 0 Å². The molecule has 1 aliphatic carbocycles. The highest BCUT2D eigenvalue weighted by Gasteiger charge is 2.12. The number of nitrogens with zero attached hydrogens (tertiary/aromatic N) is 1. The molecule has 1 heterocycles. The minimum atomic E-state index is 0.834. The molecule has 1 N–H and O–H groups in total. The molecule has 0 aliphatic heterocycles. The van der Waals surface area contributed by atoms with Crippen molar-refractivity contribution in [3.8, 4) is 0 Å². The molecule has 0 spiro atoms. The van der Waals surface area contributed by atoms with Crippen LogP contribution in [0, 0.1) is 0 Å². The maximum atomic E-state index is 5.38. The summed E-state index contributed by atoms with van der Waals surface area (Å²) in [6.45, 7) is 0. The molecule has 0 unspecified atom stereocenters. The first-order valence-electron chi connectivity index (χ1n) is 6.45. The van der Waals surface area contributed by atoms with Crippen molar-refractivity contribution in [3.05, 3.63) is 66.0 Å². The van der Waals surface area contributed by atoms with Crippen molar-refractivity contribution in [3.63, 3.8) is 0 Å². The number of aromatic amines is 1. The van der Waals surface area contributed by atoms with E-state index in [1.54, 1.807) is 11.8 Å². The molecule has 2 nitrogen and oxygen atoms in total. The summed E-state index contributed by atoms with van der Waals surface area (Å²) in [5.41, 5.74) is 3.30. The fourth-order valence-electron chi connectivity index (χ4n) is 2.01. The van der Waals surface area contributed by atoms with Gasteiger partial charge in [0.1, 0.15) is 0 Å². The van der Waals surface area contributed by atoms with Gasteiger partial charge in [-0.3, -0.25) is 0 Å². The van der Waals surface area contributed by atoms with Crippen molar-refractivity contribution in [1.29, 1.82) is 0 Å². The number of benzene rings is 1.